The van der Waals surface area contributed by atoms with Crippen LogP contribution in [0, 0.1) is 11.3 Å². The Balaban J connectivity index is 1.47. The summed E-state index contributed by atoms with van der Waals surface area (Å²) in [6.07, 6.45) is 17.9. The lowest BCUT2D eigenvalue weighted by Crippen LogP contribution is -2.53. The molecular weight excluding hydrogens is 430 g/mol. The van der Waals surface area contributed by atoms with Gasteiger partial charge in [-0.25, -0.2) is 4.90 Å². The summed E-state index contributed by atoms with van der Waals surface area (Å²) in [4.78, 5) is 2.28. The molecule has 2 aliphatic rings. The molecule has 1 atom stereocenters. The second-order valence-corrected chi connectivity index (χ2v) is 10.8. The van der Waals surface area contributed by atoms with Crippen LogP contribution in [0.25, 0.3) is 0 Å². The molecule has 1 N–H and O–H groups in total. The minimum atomic E-state index is -0.832. The van der Waals surface area contributed by atoms with E-state index >= 15 is 0 Å². The van der Waals surface area contributed by atoms with Crippen LogP contribution in [-0.2, 0) is 6.54 Å². The molecule has 1 aromatic carbocycles. The normalized spacial score (nSPS) is 19.9. The van der Waals surface area contributed by atoms with E-state index in [0.717, 1.165) is 44.5 Å². The third-order valence-corrected chi connectivity index (χ3v) is 8.15. The van der Waals surface area contributed by atoms with Crippen LogP contribution in [-0.4, -0.2) is 39.2 Å². The Kier molecular flexibility index (Phi) is 10.9. The van der Waals surface area contributed by atoms with Gasteiger partial charge in [-0.2, -0.15) is 5.26 Å². The number of rotatable bonds is 15. The van der Waals surface area contributed by atoms with Crippen LogP contribution >= 0.6 is 0 Å². The van der Waals surface area contributed by atoms with Gasteiger partial charge < -0.3 is 5.11 Å². The number of hydrogen-bond acceptors (Lipinski definition) is 3. The number of nitriles is 1. The van der Waals surface area contributed by atoms with Gasteiger partial charge in [-0.15, -0.1) is 0 Å². The maximum atomic E-state index is 11.8. The molecule has 1 aromatic rings. The molecule has 4 heteroatoms. The van der Waals surface area contributed by atoms with E-state index < -0.39 is 5.72 Å². The third kappa shape index (κ3) is 7.20. The van der Waals surface area contributed by atoms with Gasteiger partial charge in [0.1, 0.15) is 6.54 Å². The number of hydrogen-bond donors (Lipinski definition) is 1. The molecule has 2 heterocycles. The second-order valence-electron chi connectivity index (χ2n) is 10.8. The molecule has 0 aliphatic carbocycles. The fourth-order valence-corrected chi connectivity index (χ4v) is 5.87. The first-order valence-electron chi connectivity index (χ1n) is 14.3. The van der Waals surface area contributed by atoms with Crippen LogP contribution in [0.5, 0.6) is 0 Å². The Bertz CT molecular complexity index is 908. The van der Waals surface area contributed by atoms with Crippen molar-refractivity contribution < 1.29 is 9.68 Å². The zero-order chi connectivity index (χ0) is 25.1. The van der Waals surface area contributed by atoms with E-state index in [1.165, 1.54) is 87.6 Å². The molecule has 3 rings (SSSR count). The van der Waals surface area contributed by atoms with E-state index in [-0.39, 0.29) is 0 Å². The molecule has 0 saturated carbocycles. The van der Waals surface area contributed by atoms with Gasteiger partial charge >= 0.3 is 0 Å². The monoisotopic (exact) mass is 478 g/mol. The van der Waals surface area contributed by atoms with E-state index in [1.54, 1.807) is 0 Å². The summed E-state index contributed by atoms with van der Waals surface area (Å²) in [6.45, 7) is 9.32. The summed E-state index contributed by atoms with van der Waals surface area (Å²) < 4.78 is 2.42. The van der Waals surface area contributed by atoms with Crippen molar-refractivity contribution in [1.82, 2.24) is 4.90 Å². The van der Waals surface area contributed by atoms with Crippen molar-refractivity contribution in [3.8, 4) is 6.07 Å². The predicted octanol–water partition coefficient (Wildman–Crippen LogP) is 7.30. The van der Waals surface area contributed by atoms with Crippen molar-refractivity contribution in [2.24, 2.45) is 0 Å². The van der Waals surface area contributed by atoms with Crippen molar-refractivity contribution in [2.45, 2.75) is 123 Å². The fraction of sp³-hybridized carbons (Fsp3) is 0.677. The quantitative estimate of drug-likeness (QED) is 0.212. The van der Waals surface area contributed by atoms with E-state index in [9.17, 15) is 5.11 Å². The molecule has 2 aliphatic heterocycles. The molecule has 1 unspecified atom stereocenters. The molecule has 0 spiro atoms. The molecule has 0 fully saturated rings. The van der Waals surface area contributed by atoms with Gasteiger partial charge in [0.2, 0.25) is 5.72 Å². The number of nitrogens with zero attached hydrogens (tertiary/aromatic N) is 3. The lowest BCUT2D eigenvalue weighted by atomic mass is 9.96. The lowest BCUT2D eigenvalue weighted by Gasteiger charge is -2.34. The topological polar surface area (TPSA) is 50.3 Å². The van der Waals surface area contributed by atoms with E-state index in [1.807, 2.05) is 12.1 Å². The van der Waals surface area contributed by atoms with Crippen LogP contribution < -0.4 is 0 Å². The largest absolute Gasteiger partial charge is 0.350 e. The zero-order valence-corrected chi connectivity index (χ0v) is 22.6. The minimum Gasteiger partial charge on any atom is -0.350 e. The molecule has 4 nitrogen and oxygen atoms in total. The first kappa shape index (κ1) is 27.5. The molecule has 35 heavy (non-hydrogen) atoms. The van der Waals surface area contributed by atoms with Gasteiger partial charge in [0.05, 0.1) is 24.7 Å². The van der Waals surface area contributed by atoms with Crippen LogP contribution in [0.1, 0.15) is 122 Å². The summed E-state index contributed by atoms with van der Waals surface area (Å²) in [6, 6.07) is 10.1. The highest BCUT2D eigenvalue weighted by molar-refractivity contribution is 5.98. The van der Waals surface area contributed by atoms with E-state index in [4.69, 9.17) is 5.26 Å². The first-order valence-corrected chi connectivity index (χ1v) is 14.3. The smallest absolute Gasteiger partial charge is 0.277 e. The molecule has 0 radical (unpaired) electrons. The number of amidine groups is 1. The van der Waals surface area contributed by atoms with E-state index in [0.29, 0.717) is 5.56 Å². The third-order valence-electron chi connectivity index (χ3n) is 8.15. The Morgan fingerprint density at radius 1 is 0.914 bits per heavy atom. The molecule has 0 amide bonds. The highest BCUT2D eigenvalue weighted by Gasteiger charge is 2.53. The van der Waals surface area contributed by atoms with Crippen LogP contribution in [0.4, 0.5) is 0 Å². The average molecular weight is 479 g/mol. The summed E-state index contributed by atoms with van der Waals surface area (Å²) in [7, 11) is 0. The second kappa shape index (κ2) is 13.8. The Labute approximate surface area is 214 Å². The number of unbranched alkanes of at least 4 members (excludes halogenated alkanes) is 11. The zero-order valence-electron chi connectivity index (χ0n) is 22.6. The van der Waals surface area contributed by atoms with Crippen molar-refractivity contribution in [2.75, 3.05) is 13.1 Å². The van der Waals surface area contributed by atoms with Crippen LogP contribution in [0.15, 0.2) is 35.4 Å². The summed E-state index contributed by atoms with van der Waals surface area (Å²) in [5.74, 6) is 1.21. The SMILES string of the molecule is CCCCCCCCCCCCCCC1(O)C(C)=C(C)C2=[N+](Cc3ccc(C#N)cc3)CCCN21. The number of fused-ring (bicyclic) bond motifs is 1. The molecule has 0 saturated heterocycles. The molecule has 192 valence electrons. The molecule has 0 aromatic heterocycles. The lowest BCUT2D eigenvalue weighted by molar-refractivity contribution is -0.554. The van der Waals surface area contributed by atoms with Gasteiger partial charge in [-0.3, -0.25) is 4.58 Å². The molecule has 0 bridgehead atoms. The summed E-state index contributed by atoms with van der Waals surface area (Å²) in [5, 5.41) is 20.9. The summed E-state index contributed by atoms with van der Waals surface area (Å²) in [5.41, 5.74) is 3.44. The van der Waals surface area contributed by atoms with Crippen molar-refractivity contribution in [3.63, 3.8) is 0 Å². The van der Waals surface area contributed by atoms with Crippen LogP contribution in [0.3, 0.4) is 0 Å². The van der Waals surface area contributed by atoms with Crippen LogP contribution in [0.2, 0.25) is 0 Å². The standard InChI is InChI=1S/C31H48N3O/c1-4-5-6-7-8-9-10-11-12-13-14-15-21-31(35)27(3)26(2)30-33(22-16-23-34(30)31)25-29-19-17-28(24-32)18-20-29/h17-20,35H,4-16,21-23,25H2,1-3H3/q+1. The van der Waals surface area contributed by atoms with Gasteiger partial charge in [0.15, 0.2) is 0 Å². The number of benzene rings is 1. The molecular formula is C31H48N3O+. The fourth-order valence-electron chi connectivity index (χ4n) is 5.87. The summed E-state index contributed by atoms with van der Waals surface area (Å²) >= 11 is 0. The first-order chi connectivity index (χ1) is 17.0. The predicted molar refractivity (Wildman–Crippen MR) is 145 cm³/mol. The highest BCUT2D eigenvalue weighted by Crippen LogP contribution is 2.39. The van der Waals surface area contributed by atoms with Gasteiger partial charge in [0, 0.05) is 24.0 Å². The Morgan fingerprint density at radius 2 is 1.49 bits per heavy atom. The van der Waals surface area contributed by atoms with Crippen molar-refractivity contribution >= 4 is 5.84 Å². The van der Waals surface area contributed by atoms with Gasteiger partial charge in [-0.05, 0) is 38.0 Å². The van der Waals surface area contributed by atoms with Crippen molar-refractivity contribution in [3.05, 3.63) is 46.5 Å². The van der Waals surface area contributed by atoms with E-state index in [2.05, 4.69) is 48.4 Å². The Hall–Kier alpha value is -2.12. The minimum absolute atomic E-state index is 0.700. The Morgan fingerprint density at radius 3 is 2.06 bits per heavy atom. The number of aliphatic hydroxyl groups is 1. The maximum absolute atomic E-state index is 11.8. The van der Waals surface area contributed by atoms with Crippen molar-refractivity contribution in [1.29, 1.82) is 5.26 Å². The average Bonchev–Trinajstić information content (AvgIpc) is 3.07. The highest BCUT2D eigenvalue weighted by atomic mass is 16.3. The van der Waals surface area contributed by atoms with Gasteiger partial charge in [0.25, 0.3) is 5.84 Å². The maximum Gasteiger partial charge on any atom is 0.277 e. The van der Waals surface area contributed by atoms with Gasteiger partial charge in [-0.1, -0.05) is 89.7 Å².